The lowest BCUT2D eigenvalue weighted by atomic mass is 10.0. The Labute approximate surface area is 99.4 Å². The van der Waals surface area contributed by atoms with Gasteiger partial charge >= 0.3 is 0 Å². The van der Waals surface area contributed by atoms with Crippen molar-refractivity contribution in [3.8, 4) is 0 Å². The van der Waals surface area contributed by atoms with E-state index in [1.54, 1.807) is 13.8 Å². The molecule has 8 heteroatoms. The van der Waals surface area contributed by atoms with E-state index in [1.165, 1.54) is 4.90 Å². The number of hydrogen-bond donors (Lipinski definition) is 4. The van der Waals surface area contributed by atoms with Crippen molar-refractivity contribution in [3.05, 3.63) is 0 Å². The third-order valence-corrected chi connectivity index (χ3v) is 2.15. The molecule has 0 heterocycles. The van der Waals surface area contributed by atoms with Gasteiger partial charge in [0.05, 0.1) is 19.1 Å². The molecule has 1 atom stereocenters. The molecule has 0 spiro atoms. The van der Waals surface area contributed by atoms with Crippen LogP contribution in [0.4, 0.5) is 0 Å². The van der Waals surface area contributed by atoms with Gasteiger partial charge in [0.1, 0.15) is 0 Å². The Hall–Kier alpha value is -1.67. The molecule has 0 aromatic rings. The predicted molar refractivity (Wildman–Crippen MR) is 60.9 cm³/mol. The smallest absolute Gasteiger partial charge is 0.251 e. The number of rotatable bonds is 7. The van der Waals surface area contributed by atoms with Crippen LogP contribution in [0.1, 0.15) is 13.8 Å². The van der Waals surface area contributed by atoms with Crippen LogP contribution in [0.15, 0.2) is 0 Å². The van der Waals surface area contributed by atoms with Crippen molar-refractivity contribution < 1.29 is 14.4 Å². The van der Waals surface area contributed by atoms with Crippen LogP contribution in [0.5, 0.6) is 0 Å². The Morgan fingerprint density at radius 1 is 1.12 bits per heavy atom. The largest absolute Gasteiger partial charge is 0.369 e. The van der Waals surface area contributed by atoms with Crippen molar-refractivity contribution >= 4 is 17.7 Å². The SMILES string of the molecule is CC(C)C(C(=O)NN)N(CC(N)=O)CC(N)=O. The maximum absolute atomic E-state index is 11.6. The first kappa shape index (κ1) is 15.3. The topological polar surface area (TPSA) is 145 Å². The minimum absolute atomic E-state index is 0.155. The van der Waals surface area contributed by atoms with Gasteiger partial charge in [-0.05, 0) is 5.92 Å². The summed E-state index contributed by atoms with van der Waals surface area (Å²) < 4.78 is 0. The fourth-order valence-corrected chi connectivity index (χ4v) is 1.63. The zero-order valence-electron chi connectivity index (χ0n) is 9.97. The molecule has 0 saturated carbocycles. The number of carbonyl (C=O) groups excluding carboxylic acids is 3. The summed E-state index contributed by atoms with van der Waals surface area (Å²) >= 11 is 0. The van der Waals surface area contributed by atoms with E-state index in [0.29, 0.717) is 0 Å². The Kier molecular flexibility index (Phi) is 6.15. The molecular formula is C9H19N5O3. The molecule has 7 N–H and O–H groups in total. The molecule has 0 bridgehead atoms. The number of nitrogens with one attached hydrogen (secondary N) is 1. The van der Waals surface area contributed by atoms with Crippen molar-refractivity contribution in [2.45, 2.75) is 19.9 Å². The molecular weight excluding hydrogens is 226 g/mol. The minimum Gasteiger partial charge on any atom is -0.369 e. The average molecular weight is 245 g/mol. The lowest BCUT2D eigenvalue weighted by Gasteiger charge is -2.30. The summed E-state index contributed by atoms with van der Waals surface area (Å²) in [5.41, 5.74) is 12.1. The quantitative estimate of drug-likeness (QED) is 0.219. The third kappa shape index (κ3) is 5.27. The molecule has 0 fully saturated rings. The van der Waals surface area contributed by atoms with Crippen molar-refractivity contribution in [2.24, 2.45) is 23.2 Å². The van der Waals surface area contributed by atoms with Gasteiger partial charge in [0, 0.05) is 0 Å². The third-order valence-electron chi connectivity index (χ3n) is 2.15. The summed E-state index contributed by atoms with van der Waals surface area (Å²) in [6, 6.07) is -0.736. The molecule has 0 saturated heterocycles. The van der Waals surface area contributed by atoms with Gasteiger partial charge in [-0.1, -0.05) is 13.8 Å². The normalized spacial score (nSPS) is 12.5. The first-order chi connectivity index (χ1) is 7.79. The number of amides is 3. The van der Waals surface area contributed by atoms with Gasteiger partial charge in [0.15, 0.2) is 0 Å². The summed E-state index contributed by atoms with van der Waals surface area (Å²) in [4.78, 5) is 34.7. The molecule has 0 aromatic heterocycles. The van der Waals surface area contributed by atoms with Crippen LogP contribution in [0.25, 0.3) is 0 Å². The summed E-state index contributed by atoms with van der Waals surface area (Å²) in [5, 5.41) is 0. The van der Waals surface area contributed by atoms with Gasteiger partial charge < -0.3 is 11.5 Å². The second-order valence-electron chi connectivity index (χ2n) is 4.04. The Bertz CT molecular complexity index is 289. The van der Waals surface area contributed by atoms with Gasteiger partial charge in [-0.2, -0.15) is 0 Å². The molecule has 0 aliphatic heterocycles. The van der Waals surface area contributed by atoms with Crippen molar-refractivity contribution in [1.82, 2.24) is 10.3 Å². The Morgan fingerprint density at radius 2 is 1.53 bits per heavy atom. The van der Waals surface area contributed by atoms with Gasteiger partial charge in [-0.15, -0.1) is 0 Å². The first-order valence-corrected chi connectivity index (χ1v) is 5.10. The van der Waals surface area contributed by atoms with E-state index in [-0.39, 0.29) is 19.0 Å². The maximum Gasteiger partial charge on any atom is 0.251 e. The molecule has 98 valence electrons. The van der Waals surface area contributed by atoms with E-state index in [0.717, 1.165) is 0 Å². The highest BCUT2D eigenvalue weighted by atomic mass is 16.2. The summed E-state index contributed by atoms with van der Waals surface area (Å²) in [7, 11) is 0. The standard InChI is InChI=1S/C9H19N5O3/c1-5(2)8(9(17)13-12)14(3-6(10)15)4-7(11)16/h5,8H,3-4,12H2,1-2H3,(H2,10,15)(H2,11,16)(H,13,17). The van der Waals surface area contributed by atoms with Crippen molar-refractivity contribution in [1.29, 1.82) is 0 Å². The van der Waals surface area contributed by atoms with Crippen molar-refractivity contribution in [3.63, 3.8) is 0 Å². The second-order valence-corrected chi connectivity index (χ2v) is 4.04. The Balaban J connectivity index is 4.98. The lowest BCUT2D eigenvalue weighted by molar-refractivity contribution is -0.131. The highest BCUT2D eigenvalue weighted by Gasteiger charge is 2.30. The lowest BCUT2D eigenvalue weighted by Crippen LogP contribution is -2.55. The van der Waals surface area contributed by atoms with E-state index in [1.807, 2.05) is 5.43 Å². The molecule has 0 radical (unpaired) electrons. The van der Waals surface area contributed by atoms with Crippen LogP contribution in [0.2, 0.25) is 0 Å². The van der Waals surface area contributed by atoms with Gasteiger partial charge in [-0.25, -0.2) is 5.84 Å². The molecule has 0 rings (SSSR count). The van der Waals surface area contributed by atoms with E-state index in [9.17, 15) is 14.4 Å². The monoisotopic (exact) mass is 245 g/mol. The molecule has 0 aliphatic rings. The van der Waals surface area contributed by atoms with E-state index >= 15 is 0 Å². The van der Waals surface area contributed by atoms with E-state index < -0.39 is 23.8 Å². The van der Waals surface area contributed by atoms with Crippen LogP contribution < -0.4 is 22.7 Å². The summed E-state index contributed by atoms with van der Waals surface area (Å²) in [5.74, 6) is 3.10. The zero-order chi connectivity index (χ0) is 13.6. The molecule has 8 nitrogen and oxygen atoms in total. The molecule has 17 heavy (non-hydrogen) atoms. The molecule has 0 aliphatic carbocycles. The fourth-order valence-electron chi connectivity index (χ4n) is 1.63. The van der Waals surface area contributed by atoms with Gasteiger partial charge in [-0.3, -0.25) is 24.7 Å². The van der Waals surface area contributed by atoms with Crippen LogP contribution in [0.3, 0.4) is 0 Å². The van der Waals surface area contributed by atoms with Crippen LogP contribution in [0, 0.1) is 5.92 Å². The Morgan fingerprint density at radius 3 is 1.76 bits per heavy atom. The van der Waals surface area contributed by atoms with E-state index in [4.69, 9.17) is 17.3 Å². The first-order valence-electron chi connectivity index (χ1n) is 5.10. The van der Waals surface area contributed by atoms with Gasteiger partial charge in [0.2, 0.25) is 11.8 Å². The highest BCUT2D eigenvalue weighted by Crippen LogP contribution is 2.10. The number of nitrogens with two attached hydrogens (primary N) is 3. The number of hydrogen-bond acceptors (Lipinski definition) is 5. The highest BCUT2D eigenvalue weighted by molar-refractivity contribution is 5.85. The molecule has 3 amide bonds. The summed E-state index contributed by atoms with van der Waals surface area (Å²) in [6.07, 6.45) is 0. The fraction of sp³-hybridized carbons (Fsp3) is 0.667. The number of carbonyl (C=O) groups is 3. The maximum atomic E-state index is 11.6. The average Bonchev–Trinajstić information content (AvgIpc) is 2.14. The molecule has 0 aromatic carbocycles. The predicted octanol–water partition coefficient (Wildman–Crippen LogP) is -2.73. The zero-order valence-corrected chi connectivity index (χ0v) is 9.97. The number of nitrogens with zero attached hydrogens (tertiary/aromatic N) is 1. The van der Waals surface area contributed by atoms with Crippen LogP contribution in [-0.2, 0) is 14.4 Å². The van der Waals surface area contributed by atoms with Gasteiger partial charge in [0.25, 0.3) is 5.91 Å². The second kappa shape index (κ2) is 6.81. The van der Waals surface area contributed by atoms with E-state index in [2.05, 4.69) is 0 Å². The number of primary amides is 2. The minimum atomic E-state index is -0.736. The summed E-state index contributed by atoms with van der Waals surface area (Å²) in [6.45, 7) is 3.04. The van der Waals surface area contributed by atoms with Crippen LogP contribution >= 0.6 is 0 Å². The number of hydrazine groups is 1. The van der Waals surface area contributed by atoms with Crippen LogP contribution in [-0.4, -0.2) is 41.8 Å². The molecule has 1 unspecified atom stereocenters. The van der Waals surface area contributed by atoms with Crippen molar-refractivity contribution in [2.75, 3.05) is 13.1 Å².